The van der Waals surface area contributed by atoms with Crippen molar-refractivity contribution < 1.29 is 18.0 Å². The molecule has 0 radical (unpaired) electrons. The molecule has 0 fully saturated rings. The Morgan fingerprint density at radius 2 is 1.88 bits per heavy atom. The van der Waals surface area contributed by atoms with Gasteiger partial charge < -0.3 is 10.6 Å². The highest BCUT2D eigenvalue weighted by Crippen LogP contribution is 2.32. The topological polar surface area (TPSA) is 54.0 Å². The van der Waals surface area contributed by atoms with Crippen LogP contribution in [-0.2, 0) is 6.18 Å². The lowest BCUT2D eigenvalue weighted by Crippen LogP contribution is -2.28. The number of nitrogens with one attached hydrogen (secondary N) is 2. The molecule has 2 N–H and O–H groups in total. The van der Waals surface area contributed by atoms with Crippen LogP contribution >= 0.6 is 11.6 Å². The SMILES string of the molecule is Cc1ccc(C(=O)NCCNc2ncc(C(F)(F)F)cc2Cl)cc1. The molecular formula is C16H15ClF3N3O. The largest absolute Gasteiger partial charge is 0.417 e. The lowest BCUT2D eigenvalue weighted by Gasteiger charge is -2.11. The van der Waals surface area contributed by atoms with Gasteiger partial charge in [-0.25, -0.2) is 4.98 Å². The predicted octanol–water partition coefficient (Wildman–Crippen LogP) is 3.90. The smallest absolute Gasteiger partial charge is 0.367 e. The lowest BCUT2D eigenvalue weighted by molar-refractivity contribution is -0.137. The summed E-state index contributed by atoms with van der Waals surface area (Å²) in [7, 11) is 0. The molecule has 0 spiro atoms. The molecule has 24 heavy (non-hydrogen) atoms. The molecule has 1 aromatic carbocycles. The third-order valence-electron chi connectivity index (χ3n) is 3.19. The monoisotopic (exact) mass is 357 g/mol. The van der Waals surface area contributed by atoms with E-state index in [2.05, 4.69) is 15.6 Å². The van der Waals surface area contributed by atoms with E-state index in [-0.39, 0.29) is 29.8 Å². The number of alkyl halides is 3. The summed E-state index contributed by atoms with van der Waals surface area (Å²) in [5, 5.41) is 5.34. The molecule has 1 aromatic heterocycles. The van der Waals surface area contributed by atoms with Gasteiger partial charge in [0.25, 0.3) is 5.91 Å². The number of carbonyl (C=O) groups excluding carboxylic acids is 1. The van der Waals surface area contributed by atoms with E-state index in [0.717, 1.165) is 11.6 Å². The molecule has 2 rings (SSSR count). The first-order valence-corrected chi connectivity index (χ1v) is 7.46. The van der Waals surface area contributed by atoms with Crippen molar-refractivity contribution >= 4 is 23.3 Å². The number of hydrogen-bond acceptors (Lipinski definition) is 3. The summed E-state index contributed by atoms with van der Waals surface area (Å²) >= 11 is 5.78. The van der Waals surface area contributed by atoms with Gasteiger partial charge in [-0.15, -0.1) is 0 Å². The molecule has 0 saturated heterocycles. The molecule has 1 amide bonds. The summed E-state index contributed by atoms with van der Waals surface area (Å²) in [6, 6.07) is 7.90. The van der Waals surface area contributed by atoms with E-state index in [1.165, 1.54) is 0 Å². The number of anilines is 1. The van der Waals surface area contributed by atoms with Crippen LogP contribution in [0.4, 0.5) is 19.0 Å². The number of rotatable bonds is 5. The maximum atomic E-state index is 12.5. The van der Waals surface area contributed by atoms with Gasteiger partial charge in [-0.2, -0.15) is 13.2 Å². The van der Waals surface area contributed by atoms with E-state index in [1.807, 2.05) is 19.1 Å². The Balaban J connectivity index is 1.84. The van der Waals surface area contributed by atoms with E-state index >= 15 is 0 Å². The highest BCUT2D eigenvalue weighted by Gasteiger charge is 2.31. The number of aryl methyl sites for hydroxylation is 1. The summed E-state index contributed by atoms with van der Waals surface area (Å²) in [5.74, 6) is -0.0995. The van der Waals surface area contributed by atoms with Gasteiger partial charge in [0, 0.05) is 24.8 Å². The van der Waals surface area contributed by atoms with Gasteiger partial charge in [-0.1, -0.05) is 29.3 Å². The Morgan fingerprint density at radius 1 is 1.21 bits per heavy atom. The van der Waals surface area contributed by atoms with Crippen LogP contribution in [0.3, 0.4) is 0 Å². The van der Waals surface area contributed by atoms with Crippen molar-refractivity contribution in [2.75, 3.05) is 18.4 Å². The van der Waals surface area contributed by atoms with Crippen LogP contribution < -0.4 is 10.6 Å². The average molecular weight is 358 g/mol. The van der Waals surface area contributed by atoms with E-state index < -0.39 is 11.7 Å². The van der Waals surface area contributed by atoms with E-state index in [9.17, 15) is 18.0 Å². The molecule has 0 atom stereocenters. The Hall–Kier alpha value is -2.28. The number of hydrogen-bond donors (Lipinski definition) is 2. The number of halogens is 4. The first kappa shape index (κ1) is 18.1. The van der Waals surface area contributed by atoms with Crippen LogP contribution in [0.25, 0.3) is 0 Å². The lowest BCUT2D eigenvalue weighted by atomic mass is 10.1. The second-order valence-electron chi connectivity index (χ2n) is 5.10. The zero-order valence-corrected chi connectivity index (χ0v) is 13.5. The first-order chi connectivity index (χ1) is 11.3. The minimum absolute atomic E-state index is 0.130. The second-order valence-corrected chi connectivity index (χ2v) is 5.51. The van der Waals surface area contributed by atoms with Gasteiger partial charge in [-0.3, -0.25) is 4.79 Å². The minimum Gasteiger partial charge on any atom is -0.367 e. The number of amides is 1. The van der Waals surface area contributed by atoms with E-state index in [0.29, 0.717) is 11.8 Å². The minimum atomic E-state index is -4.49. The van der Waals surface area contributed by atoms with Gasteiger partial charge in [0.2, 0.25) is 0 Å². The normalized spacial score (nSPS) is 11.2. The quantitative estimate of drug-likeness (QED) is 0.798. The number of benzene rings is 1. The van der Waals surface area contributed by atoms with Gasteiger partial charge in [0.05, 0.1) is 10.6 Å². The summed E-state index contributed by atoms with van der Waals surface area (Å²) in [6.45, 7) is 2.47. The van der Waals surface area contributed by atoms with Crippen LogP contribution in [0.2, 0.25) is 5.02 Å². The maximum Gasteiger partial charge on any atom is 0.417 e. The van der Waals surface area contributed by atoms with Crippen molar-refractivity contribution in [3.8, 4) is 0 Å². The summed E-state index contributed by atoms with van der Waals surface area (Å²) in [6.07, 6.45) is -3.78. The molecule has 0 aliphatic carbocycles. The van der Waals surface area contributed by atoms with Crippen LogP contribution in [0.5, 0.6) is 0 Å². The van der Waals surface area contributed by atoms with E-state index in [4.69, 9.17) is 11.6 Å². The van der Waals surface area contributed by atoms with Crippen molar-refractivity contribution in [2.24, 2.45) is 0 Å². The highest BCUT2D eigenvalue weighted by atomic mass is 35.5. The average Bonchev–Trinajstić information content (AvgIpc) is 2.52. The second kappa shape index (κ2) is 7.53. The fourth-order valence-corrected chi connectivity index (χ4v) is 2.12. The molecule has 0 bridgehead atoms. The van der Waals surface area contributed by atoms with Gasteiger partial charge in [0.15, 0.2) is 0 Å². The van der Waals surface area contributed by atoms with Gasteiger partial charge in [0.1, 0.15) is 5.82 Å². The molecule has 0 saturated carbocycles. The van der Waals surface area contributed by atoms with E-state index in [1.54, 1.807) is 12.1 Å². The maximum absolute atomic E-state index is 12.5. The number of pyridine rings is 1. The van der Waals surface area contributed by atoms with Crippen molar-refractivity contribution in [2.45, 2.75) is 13.1 Å². The van der Waals surface area contributed by atoms with Gasteiger partial charge in [-0.05, 0) is 25.1 Å². The predicted molar refractivity (Wildman–Crippen MR) is 86.3 cm³/mol. The molecule has 0 aliphatic rings. The zero-order valence-electron chi connectivity index (χ0n) is 12.7. The molecule has 0 unspecified atom stereocenters. The summed E-state index contributed by atoms with van der Waals surface area (Å²) in [4.78, 5) is 15.5. The highest BCUT2D eigenvalue weighted by molar-refractivity contribution is 6.32. The Labute approximate surface area is 142 Å². The number of aromatic nitrogens is 1. The molecule has 4 nitrogen and oxygen atoms in total. The molecular weight excluding hydrogens is 343 g/mol. The number of nitrogens with zero attached hydrogens (tertiary/aromatic N) is 1. The van der Waals surface area contributed by atoms with Crippen LogP contribution in [-0.4, -0.2) is 24.0 Å². The van der Waals surface area contributed by atoms with Crippen LogP contribution in [0, 0.1) is 6.92 Å². The van der Waals surface area contributed by atoms with Crippen molar-refractivity contribution in [1.29, 1.82) is 0 Å². The third kappa shape index (κ3) is 4.86. The first-order valence-electron chi connectivity index (χ1n) is 7.09. The fraction of sp³-hybridized carbons (Fsp3) is 0.250. The van der Waals surface area contributed by atoms with Crippen molar-refractivity contribution in [1.82, 2.24) is 10.3 Å². The molecule has 8 heteroatoms. The van der Waals surface area contributed by atoms with Crippen molar-refractivity contribution in [3.05, 3.63) is 58.2 Å². The summed E-state index contributed by atoms with van der Waals surface area (Å²) in [5.41, 5.74) is 0.674. The van der Waals surface area contributed by atoms with Crippen molar-refractivity contribution in [3.63, 3.8) is 0 Å². The number of carbonyl (C=O) groups is 1. The molecule has 1 heterocycles. The van der Waals surface area contributed by atoms with Crippen LogP contribution in [0.15, 0.2) is 36.5 Å². The Bertz CT molecular complexity index is 717. The standard InChI is InChI=1S/C16H15ClF3N3O/c1-10-2-4-11(5-3-10)15(24)22-7-6-21-14-13(17)8-12(9-23-14)16(18,19)20/h2-5,8-9H,6-7H2,1H3,(H,21,23)(H,22,24). The third-order valence-corrected chi connectivity index (χ3v) is 3.47. The molecule has 128 valence electrons. The van der Waals surface area contributed by atoms with Gasteiger partial charge >= 0.3 is 6.18 Å². The Morgan fingerprint density at radius 3 is 2.46 bits per heavy atom. The van der Waals surface area contributed by atoms with Crippen LogP contribution in [0.1, 0.15) is 21.5 Å². The molecule has 0 aliphatic heterocycles. The Kier molecular flexibility index (Phi) is 5.66. The molecule has 2 aromatic rings. The zero-order chi connectivity index (χ0) is 17.7. The fourth-order valence-electron chi connectivity index (χ4n) is 1.89. The summed E-state index contributed by atoms with van der Waals surface area (Å²) < 4.78 is 37.5.